The van der Waals surface area contributed by atoms with E-state index >= 15 is 0 Å². The number of nitrogens with one attached hydrogen (secondary N) is 1. The number of carboxylic acids is 1. The highest BCUT2D eigenvalue weighted by Crippen LogP contribution is 2.29. The zero-order valence-electron chi connectivity index (χ0n) is 14.3. The number of nitrogens with zero attached hydrogens (tertiary/aromatic N) is 2. The second-order valence-electron chi connectivity index (χ2n) is 6.44. The molecular formula is C18H19N3O5. The number of benzene rings is 1. The summed E-state index contributed by atoms with van der Waals surface area (Å²) in [6.07, 6.45) is 3.25. The molecule has 3 aromatic rings. The molecule has 0 spiro atoms. The van der Waals surface area contributed by atoms with Crippen LogP contribution in [-0.2, 0) is 16.1 Å². The van der Waals surface area contributed by atoms with Crippen LogP contribution in [0.3, 0.4) is 0 Å². The normalized spacial score (nSPS) is 15.7. The maximum absolute atomic E-state index is 12.5. The first-order valence-corrected chi connectivity index (χ1v) is 8.46. The second-order valence-corrected chi connectivity index (χ2v) is 6.44. The molecule has 26 heavy (non-hydrogen) atoms. The fourth-order valence-electron chi connectivity index (χ4n) is 3.60. The number of rotatable bonds is 4. The van der Waals surface area contributed by atoms with Crippen molar-refractivity contribution in [3.05, 3.63) is 45.6 Å². The van der Waals surface area contributed by atoms with Crippen molar-refractivity contribution in [1.29, 1.82) is 0 Å². The molecule has 1 fully saturated rings. The molecule has 2 N–H and O–H groups in total. The Balaban J connectivity index is 2.03. The first kappa shape index (κ1) is 16.7. The number of aromatic amines is 1. The second kappa shape index (κ2) is 6.54. The highest BCUT2D eigenvalue weighted by Gasteiger charge is 2.23. The number of hydrogen-bond acceptors (Lipinski definition) is 5. The first-order valence-electron chi connectivity index (χ1n) is 8.46. The fraction of sp³-hybridized carbons (Fsp3) is 0.389. The molecule has 1 saturated heterocycles. The molecule has 0 bridgehead atoms. The van der Waals surface area contributed by atoms with Crippen LogP contribution in [0.2, 0.25) is 0 Å². The van der Waals surface area contributed by atoms with Crippen LogP contribution in [0.4, 0.5) is 0 Å². The summed E-state index contributed by atoms with van der Waals surface area (Å²) in [6, 6.07) is 3.25. The van der Waals surface area contributed by atoms with E-state index in [0.717, 1.165) is 24.2 Å². The first-order chi connectivity index (χ1) is 12.6. The molecule has 0 amide bonds. The molecule has 0 saturated carbocycles. The Hall–Kier alpha value is -2.71. The number of aromatic nitrogens is 3. The van der Waals surface area contributed by atoms with E-state index in [4.69, 9.17) is 9.47 Å². The Morgan fingerprint density at radius 1 is 1.38 bits per heavy atom. The summed E-state index contributed by atoms with van der Waals surface area (Å²) in [5.74, 6) is -0.0534. The lowest BCUT2D eigenvalue weighted by molar-refractivity contribution is 0.0692. The molecule has 3 heterocycles. The Kier molecular flexibility index (Phi) is 4.21. The van der Waals surface area contributed by atoms with Crippen molar-refractivity contribution in [2.75, 3.05) is 20.3 Å². The van der Waals surface area contributed by atoms with E-state index in [1.807, 2.05) is 4.40 Å². The molecule has 0 atom stereocenters. The van der Waals surface area contributed by atoms with E-state index in [0.29, 0.717) is 29.8 Å². The van der Waals surface area contributed by atoms with Gasteiger partial charge in [0.05, 0.1) is 29.4 Å². The van der Waals surface area contributed by atoms with Gasteiger partial charge < -0.3 is 19.6 Å². The number of methoxy groups -OCH3 is 1. The third kappa shape index (κ3) is 2.67. The lowest BCUT2D eigenvalue weighted by Crippen LogP contribution is -2.18. The average Bonchev–Trinajstić information content (AvgIpc) is 3.09. The van der Waals surface area contributed by atoms with Gasteiger partial charge in [0.15, 0.2) is 0 Å². The standard InChI is InChI=1S/C18H19N3O5/c1-25-9-11-6-14-13(7-12(11)18(23)24)20-17(22)15-8-19-16(21(14)15)10-2-4-26-5-3-10/h6-8,10H,2-5,9H2,1H3,(H,20,22)(H,23,24). The van der Waals surface area contributed by atoms with E-state index in [1.165, 1.54) is 13.2 Å². The smallest absolute Gasteiger partial charge is 0.336 e. The van der Waals surface area contributed by atoms with Gasteiger partial charge in [-0.3, -0.25) is 9.20 Å². The minimum Gasteiger partial charge on any atom is -0.478 e. The van der Waals surface area contributed by atoms with E-state index in [9.17, 15) is 14.7 Å². The van der Waals surface area contributed by atoms with E-state index < -0.39 is 5.97 Å². The topological polar surface area (TPSA) is 106 Å². The summed E-state index contributed by atoms with van der Waals surface area (Å²) < 4.78 is 12.4. The van der Waals surface area contributed by atoms with Crippen LogP contribution >= 0.6 is 0 Å². The zero-order valence-corrected chi connectivity index (χ0v) is 14.3. The predicted octanol–water partition coefficient (Wildman–Crippen LogP) is 1.91. The van der Waals surface area contributed by atoms with Crippen molar-refractivity contribution in [2.45, 2.75) is 25.4 Å². The van der Waals surface area contributed by atoms with Gasteiger partial charge >= 0.3 is 5.97 Å². The molecule has 1 aromatic carbocycles. The lowest BCUT2D eigenvalue weighted by Gasteiger charge is -2.21. The summed E-state index contributed by atoms with van der Waals surface area (Å²) in [6.45, 7) is 1.50. The Morgan fingerprint density at radius 2 is 2.15 bits per heavy atom. The van der Waals surface area contributed by atoms with Crippen molar-refractivity contribution in [2.24, 2.45) is 0 Å². The molecule has 8 nitrogen and oxygen atoms in total. The van der Waals surface area contributed by atoms with E-state index in [2.05, 4.69) is 9.97 Å². The molecule has 1 aliphatic heterocycles. The molecule has 0 aliphatic carbocycles. The van der Waals surface area contributed by atoms with Crippen LogP contribution in [0, 0.1) is 0 Å². The van der Waals surface area contributed by atoms with Crippen molar-refractivity contribution >= 4 is 22.5 Å². The molecule has 1 aliphatic rings. The van der Waals surface area contributed by atoms with Crippen molar-refractivity contribution < 1.29 is 19.4 Å². The summed E-state index contributed by atoms with van der Waals surface area (Å²) in [7, 11) is 1.52. The minimum absolute atomic E-state index is 0.113. The average molecular weight is 357 g/mol. The Labute approximate surface area is 148 Å². The summed E-state index contributed by atoms with van der Waals surface area (Å²) in [4.78, 5) is 31.3. The number of imidazole rings is 1. The number of ether oxygens (including phenoxy) is 2. The van der Waals surface area contributed by atoms with Crippen molar-refractivity contribution in [3.63, 3.8) is 0 Å². The van der Waals surface area contributed by atoms with Gasteiger partial charge in [-0.25, -0.2) is 9.78 Å². The third-order valence-electron chi connectivity index (χ3n) is 4.85. The van der Waals surface area contributed by atoms with Crippen LogP contribution in [-0.4, -0.2) is 45.8 Å². The lowest BCUT2D eigenvalue weighted by atomic mass is 9.99. The number of aromatic carboxylic acids is 1. The number of carbonyl (C=O) groups is 1. The van der Waals surface area contributed by atoms with E-state index in [-0.39, 0.29) is 23.6 Å². The summed E-state index contributed by atoms with van der Waals surface area (Å²) in [5.41, 5.74) is 2.00. The minimum atomic E-state index is -1.06. The van der Waals surface area contributed by atoms with Crippen LogP contribution in [0.15, 0.2) is 23.1 Å². The Morgan fingerprint density at radius 3 is 2.85 bits per heavy atom. The van der Waals surface area contributed by atoms with Crippen LogP contribution < -0.4 is 5.56 Å². The van der Waals surface area contributed by atoms with Gasteiger partial charge in [0.2, 0.25) is 0 Å². The Bertz CT molecular complexity index is 1050. The highest BCUT2D eigenvalue weighted by atomic mass is 16.5. The van der Waals surface area contributed by atoms with Crippen molar-refractivity contribution in [3.8, 4) is 0 Å². The van der Waals surface area contributed by atoms with Gasteiger partial charge in [-0.2, -0.15) is 0 Å². The summed E-state index contributed by atoms with van der Waals surface area (Å²) in [5, 5.41) is 9.47. The van der Waals surface area contributed by atoms with Crippen LogP contribution in [0.5, 0.6) is 0 Å². The zero-order chi connectivity index (χ0) is 18.3. The molecule has 136 valence electrons. The predicted molar refractivity (Wildman–Crippen MR) is 93.8 cm³/mol. The molecule has 8 heteroatoms. The maximum atomic E-state index is 12.5. The molecule has 0 radical (unpaired) electrons. The van der Waals surface area contributed by atoms with Crippen LogP contribution in [0.25, 0.3) is 16.6 Å². The summed E-state index contributed by atoms with van der Waals surface area (Å²) >= 11 is 0. The van der Waals surface area contributed by atoms with Gasteiger partial charge in [-0.05, 0) is 30.5 Å². The van der Waals surface area contributed by atoms with Crippen LogP contribution in [0.1, 0.15) is 40.5 Å². The maximum Gasteiger partial charge on any atom is 0.336 e. The van der Waals surface area contributed by atoms with Gasteiger partial charge in [0, 0.05) is 26.2 Å². The third-order valence-corrected chi connectivity index (χ3v) is 4.85. The number of hydrogen-bond donors (Lipinski definition) is 2. The van der Waals surface area contributed by atoms with Gasteiger partial charge in [0.25, 0.3) is 5.56 Å². The largest absolute Gasteiger partial charge is 0.478 e. The molecule has 2 aromatic heterocycles. The number of H-pyrrole nitrogens is 1. The SMILES string of the molecule is COCc1cc2c(cc1C(=O)O)[nH]c(=O)c1cnc(C3CCOCC3)n12. The van der Waals surface area contributed by atoms with Crippen molar-refractivity contribution in [1.82, 2.24) is 14.4 Å². The van der Waals surface area contributed by atoms with Gasteiger partial charge in [-0.15, -0.1) is 0 Å². The molecule has 4 rings (SSSR count). The van der Waals surface area contributed by atoms with Gasteiger partial charge in [-0.1, -0.05) is 0 Å². The number of fused-ring (bicyclic) bond motifs is 3. The van der Waals surface area contributed by atoms with E-state index in [1.54, 1.807) is 12.3 Å². The fourth-order valence-corrected chi connectivity index (χ4v) is 3.60. The molecular weight excluding hydrogens is 338 g/mol. The number of carboxylic acid groups (broad SMARTS) is 1. The monoisotopic (exact) mass is 357 g/mol. The van der Waals surface area contributed by atoms with Gasteiger partial charge in [0.1, 0.15) is 11.3 Å². The quantitative estimate of drug-likeness (QED) is 0.739. The highest BCUT2D eigenvalue weighted by molar-refractivity contribution is 5.94. The molecule has 0 unspecified atom stereocenters.